The number of carbonyl (C=O) groups excluding carboxylic acids is 1. The van der Waals surface area contributed by atoms with E-state index in [4.69, 9.17) is 10.4 Å². The van der Waals surface area contributed by atoms with Crippen LogP contribution >= 0.6 is 0 Å². The zero-order valence-corrected chi connectivity index (χ0v) is 10.0. The maximum atomic E-state index is 11.7. The van der Waals surface area contributed by atoms with Crippen molar-refractivity contribution < 1.29 is 14.7 Å². The van der Waals surface area contributed by atoms with E-state index in [0.29, 0.717) is 11.3 Å². The summed E-state index contributed by atoms with van der Waals surface area (Å²) in [6.45, 7) is 1.70. The van der Waals surface area contributed by atoms with Gasteiger partial charge in [0.2, 0.25) is 5.91 Å². The second-order valence-corrected chi connectivity index (χ2v) is 4.11. The van der Waals surface area contributed by atoms with Crippen LogP contribution in [0, 0.1) is 17.2 Å². The zero-order chi connectivity index (χ0) is 13.5. The van der Waals surface area contributed by atoms with Crippen molar-refractivity contribution in [3.63, 3.8) is 0 Å². The summed E-state index contributed by atoms with van der Waals surface area (Å²) >= 11 is 0. The fourth-order valence-corrected chi connectivity index (χ4v) is 1.58. The smallest absolute Gasteiger partial charge is 0.303 e. The number of benzene rings is 1. The number of nitriles is 1. The molecule has 0 heterocycles. The highest BCUT2D eigenvalue weighted by Gasteiger charge is 2.13. The third-order valence-corrected chi connectivity index (χ3v) is 2.38. The van der Waals surface area contributed by atoms with Gasteiger partial charge in [0, 0.05) is 12.8 Å². The van der Waals surface area contributed by atoms with Crippen molar-refractivity contribution in [2.45, 2.75) is 19.8 Å². The number of para-hydroxylation sites is 1. The Morgan fingerprint density at radius 1 is 1.39 bits per heavy atom. The molecule has 5 nitrogen and oxygen atoms in total. The standard InChI is InChI=1S/C13H14N2O3/c1-9(7-13(17)18)6-12(16)15-11-5-3-2-4-10(11)8-14/h2-5,9H,6-7H2,1H3,(H,15,16)(H,17,18)/t9-/m0/s1. The summed E-state index contributed by atoms with van der Waals surface area (Å²) < 4.78 is 0. The molecule has 2 N–H and O–H groups in total. The summed E-state index contributed by atoms with van der Waals surface area (Å²) in [5.74, 6) is -1.45. The van der Waals surface area contributed by atoms with E-state index >= 15 is 0 Å². The normalized spacial score (nSPS) is 11.3. The van der Waals surface area contributed by atoms with Gasteiger partial charge in [-0.3, -0.25) is 9.59 Å². The summed E-state index contributed by atoms with van der Waals surface area (Å²) in [5, 5.41) is 20.1. The number of carboxylic acid groups (broad SMARTS) is 1. The van der Waals surface area contributed by atoms with Gasteiger partial charge in [0.25, 0.3) is 0 Å². The first kappa shape index (κ1) is 13.7. The average molecular weight is 246 g/mol. The van der Waals surface area contributed by atoms with Crippen molar-refractivity contribution in [2.75, 3.05) is 5.32 Å². The summed E-state index contributed by atoms with van der Waals surface area (Å²) in [4.78, 5) is 22.1. The van der Waals surface area contributed by atoms with E-state index in [2.05, 4.69) is 5.32 Å². The number of hydrogen-bond acceptors (Lipinski definition) is 3. The Morgan fingerprint density at radius 3 is 2.67 bits per heavy atom. The van der Waals surface area contributed by atoms with Gasteiger partial charge in [0.05, 0.1) is 11.3 Å². The molecule has 0 aliphatic carbocycles. The van der Waals surface area contributed by atoms with Gasteiger partial charge >= 0.3 is 5.97 Å². The molecule has 0 radical (unpaired) electrons. The largest absolute Gasteiger partial charge is 0.481 e. The molecule has 0 saturated carbocycles. The minimum absolute atomic E-state index is 0.0483. The minimum atomic E-state index is -0.923. The van der Waals surface area contributed by atoms with Gasteiger partial charge in [-0.1, -0.05) is 19.1 Å². The molecule has 0 bridgehead atoms. The van der Waals surface area contributed by atoms with E-state index in [-0.39, 0.29) is 24.7 Å². The van der Waals surface area contributed by atoms with Crippen LogP contribution in [0.4, 0.5) is 5.69 Å². The van der Waals surface area contributed by atoms with Crippen LogP contribution in [-0.4, -0.2) is 17.0 Å². The molecule has 18 heavy (non-hydrogen) atoms. The summed E-state index contributed by atoms with van der Waals surface area (Å²) in [7, 11) is 0. The first-order chi connectivity index (χ1) is 8.52. The van der Waals surface area contributed by atoms with E-state index in [1.165, 1.54) is 0 Å². The van der Waals surface area contributed by atoms with Crippen LogP contribution in [0.3, 0.4) is 0 Å². The van der Waals surface area contributed by atoms with Crippen LogP contribution in [0.5, 0.6) is 0 Å². The molecule has 0 aliphatic rings. The van der Waals surface area contributed by atoms with Crippen molar-refractivity contribution in [1.82, 2.24) is 0 Å². The maximum absolute atomic E-state index is 11.7. The first-order valence-electron chi connectivity index (χ1n) is 5.53. The summed E-state index contributed by atoms with van der Waals surface area (Å²) in [6.07, 6.45) is 0.0688. The first-order valence-corrected chi connectivity index (χ1v) is 5.53. The number of carbonyl (C=O) groups is 2. The number of rotatable bonds is 5. The molecule has 5 heteroatoms. The van der Waals surface area contributed by atoms with E-state index in [9.17, 15) is 9.59 Å². The zero-order valence-electron chi connectivity index (χ0n) is 10.0. The SMILES string of the molecule is C[C@H](CC(=O)O)CC(=O)Nc1ccccc1C#N. The molecular formula is C13H14N2O3. The Kier molecular flexibility index (Phi) is 4.88. The molecule has 0 aliphatic heterocycles. The third-order valence-electron chi connectivity index (χ3n) is 2.38. The van der Waals surface area contributed by atoms with Crippen molar-refractivity contribution >= 4 is 17.6 Å². The van der Waals surface area contributed by atoms with E-state index in [1.54, 1.807) is 31.2 Å². The molecule has 0 saturated heterocycles. The number of hydrogen-bond donors (Lipinski definition) is 2. The summed E-state index contributed by atoms with van der Waals surface area (Å²) in [6, 6.07) is 8.65. The Labute approximate surface area is 105 Å². The van der Waals surface area contributed by atoms with Gasteiger partial charge in [-0.2, -0.15) is 5.26 Å². The lowest BCUT2D eigenvalue weighted by molar-refractivity contribution is -0.138. The Morgan fingerprint density at radius 2 is 2.06 bits per heavy atom. The molecule has 0 unspecified atom stereocenters. The van der Waals surface area contributed by atoms with Gasteiger partial charge in [-0.15, -0.1) is 0 Å². The number of nitrogens with one attached hydrogen (secondary N) is 1. The highest BCUT2D eigenvalue weighted by Crippen LogP contribution is 2.15. The van der Waals surface area contributed by atoms with Gasteiger partial charge in [-0.05, 0) is 18.1 Å². The molecule has 1 aromatic carbocycles. The lowest BCUT2D eigenvalue weighted by atomic mass is 10.0. The van der Waals surface area contributed by atoms with Gasteiger partial charge < -0.3 is 10.4 Å². The van der Waals surface area contributed by atoms with E-state index in [0.717, 1.165) is 0 Å². The number of aliphatic carboxylic acids is 1. The maximum Gasteiger partial charge on any atom is 0.303 e. The van der Waals surface area contributed by atoms with E-state index < -0.39 is 5.97 Å². The van der Waals surface area contributed by atoms with Gasteiger partial charge in [0.1, 0.15) is 6.07 Å². The minimum Gasteiger partial charge on any atom is -0.481 e. The second-order valence-electron chi connectivity index (χ2n) is 4.11. The second kappa shape index (κ2) is 6.40. The molecule has 0 fully saturated rings. The summed E-state index contributed by atoms with van der Waals surface area (Å²) in [5.41, 5.74) is 0.837. The Hall–Kier alpha value is -2.35. The lowest BCUT2D eigenvalue weighted by Crippen LogP contribution is -2.17. The van der Waals surface area contributed by atoms with Crippen LogP contribution in [0.25, 0.3) is 0 Å². The quantitative estimate of drug-likeness (QED) is 0.831. The average Bonchev–Trinajstić information content (AvgIpc) is 2.28. The van der Waals surface area contributed by atoms with Crippen LogP contribution in [0.2, 0.25) is 0 Å². The fourth-order valence-electron chi connectivity index (χ4n) is 1.58. The monoisotopic (exact) mass is 246 g/mol. The fraction of sp³-hybridized carbons (Fsp3) is 0.308. The van der Waals surface area contributed by atoms with Crippen molar-refractivity contribution in [1.29, 1.82) is 5.26 Å². The molecule has 1 atom stereocenters. The van der Waals surface area contributed by atoms with Crippen molar-refractivity contribution in [2.24, 2.45) is 5.92 Å². The molecule has 1 amide bonds. The van der Waals surface area contributed by atoms with Crippen molar-refractivity contribution in [3.8, 4) is 6.07 Å². The van der Waals surface area contributed by atoms with Crippen LogP contribution in [0.1, 0.15) is 25.3 Å². The molecule has 0 aromatic heterocycles. The predicted octanol–water partition coefficient (Wildman–Crippen LogP) is 2.00. The number of carboxylic acids is 1. The van der Waals surface area contributed by atoms with Crippen molar-refractivity contribution in [3.05, 3.63) is 29.8 Å². The highest BCUT2D eigenvalue weighted by molar-refractivity contribution is 5.92. The van der Waals surface area contributed by atoms with Crippen LogP contribution in [-0.2, 0) is 9.59 Å². The van der Waals surface area contributed by atoms with E-state index in [1.807, 2.05) is 6.07 Å². The Balaban J connectivity index is 2.60. The van der Waals surface area contributed by atoms with Crippen LogP contribution < -0.4 is 5.32 Å². The lowest BCUT2D eigenvalue weighted by Gasteiger charge is -2.10. The molecule has 1 aromatic rings. The molecule has 0 spiro atoms. The van der Waals surface area contributed by atoms with Gasteiger partial charge in [-0.25, -0.2) is 0 Å². The number of nitrogens with zero attached hydrogens (tertiary/aromatic N) is 1. The predicted molar refractivity (Wildman–Crippen MR) is 65.8 cm³/mol. The van der Waals surface area contributed by atoms with Gasteiger partial charge in [0.15, 0.2) is 0 Å². The number of anilines is 1. The third kappa shape index (κ3) is 4.26. The number of amides is 1. The highest BCUT2D eigenvalue weighted by atomic mass is 16.4. The molecule has 94 valence electrons. The van der Waals surface area contributed by atoms with Crippen LogP contribution in [0.15, 0.2) is 24.3 Å². The Bertz CT molecular complexity index is 491. The molecular weight excluding hydrogens is 232 g/mol. The molecule has 1 rings (SSSR count). The topological polar surface area (TPSA) is 90.2 Å².